The van der Waals surface area contributed by atoms with Crippen LogP contribution in [0.4, 0.5) is 0 Å². The molecule has 3 heteroatoms. The van der Waals surface area contributed by atoms with Crippen LogP contribution in [0.5, 0.6) is 0 Å². The lowest BCUT2D eigenvalue weighted by atomic mass is 9.91. The van der Waals surface area contributed by atoms with Gasteiger partial charge in [0.2, 0.25) is 0 Å². The second kappa shape index (κ2) is 4.31. The van der Waals surface area contributed by atoms with Crippen LogP contribution in [0.1, 0.15) is 68.0 Å². The SMILES string of the molecule is CC(C)(C)c1nc(C(C2CC2)C2CC2)sc1CN. The van der Waals surface area contributed by atoms with E-state index in [1.165, 1.54) is 41.3 Å². The monoisotopic (exact) mass is 264 g/mol. The fraction of sp³-hybridized carbons (Fsp3) is 0.800. The molecule has 3 rings (SSSR count). The summed E-state index contributed by atoms with van der Waals surface area (Å²) in [6, 6.07) is 0. The first-order chi connectivity index (χ1) is 8.50. The summed E-state index contributed by atoms with van der Waals surface area (Å²) < 4.78 is 0. The van der Waals surface area contributed by atoms with Crippen molar-refractivity contribution in [1.29, 1.82) is 0 Å². The lowest BCUT2D eigenvalue weighted by Crippen LogP contribution is -2.16. The highest BCUT2D eigenvalue weighted by atomic mass is 32.1. The lowest BCUT2D eigenvalue weighted by Gasteiger charge is -2.17. The van der Waals surface area contributed by atoms with E-state index in [-0.39, 0.29) is 5.41 Å². The van der Waals surface area contributed by atoms with Gasteiger partial charge in [0.25, 0.3) is 0 Å². The van der Waals surface area contributed by atoms with Gasteiger partial charge >= 0.3 is 0 Å². The smallest absolute Gasteiger partial charge is 0.0968 e. The number of rotatable bonds is 4. The van der Waals surface area contributed by atoms with E-state index in [1.54, 1.807) is 0 Å². The molecule has 2 aliphatic rings. The van der Waals surface area contributed by atoms with Crippen LogP contribution in [-0.2, 0) is 12.0 Å². The van der Waals surface area contributed by atoms with Crippen molar-refractivity contribution in [2.24, 2.45) is 17.6 Å². The molecule has 0 saturated heterocycles. The number of hydrogen-bond donors (Lipinski definition) is 1. The molecule has 1 aromatic heterocycles. The standard InChI is InChI=1S/C15H24N2S/c1-15(2,3)13-11(8-16)18-14(17-13)12(9-4-5-9)10-6-7-10/h9-10,12H,4-8,16H2,1-3H3. The summed E-state index contributed by atoms with van der Waals surface area (Å²) in [6.45, 7) is 7.38. The first-order valence-electron chi connectivity index (χ1n) is 7.21. The van der Waals surface area contributed by atoms with Crippen molar-refractivity contribution in [3.05, 3.63) is 15.6 Å². The van der Waals surface area contributed by atoms with Gasteiger partial charge in [-0.25, -0.2) is 4.98 Å². The summed E-state index contributed by atoms with van der Waals surface area (Å²) in [4.78, 5) is 6.32. The van der Waals surface area contributed by atoms with Crippen LogP contribution in [0, 0.1) is 11.8 Å². The van der Waals surface area contributed by atoms with Gasteiger partial charge in [-0.05, 0) is 37.5 Å². The van der Waals surface area contributed by atoms with Crippen LogP contribution < -0.4 is 5.73 Å². The van der Waals surface area contributed by atoms with E-state index < -0.39 is 0 Å². The maximum Gasteiger partial charge on any atom is 0.0968 e. The van der Waals surface area contributed by atoms with Crippen LogP contribution in [0.2, 0.25) is 0 Å². The maximum absolute atomic E-state index is 5.91. The van der Waals surface area contributed by atoms with Crippen LogP contribution >= 0.6 is 11.3 Å². The first kappa shape index (κ1) is 12.6. The Morgan fingerprint density at radius 3 is 2.11 bits per heavy atom. The molecule has 1 heterocycles. The maximum atomic E-state index is 5.91. The minimum absolute atomic E-state index is 0.126. The van der Waals surface area contributed by atoms with Crippen LogP contribution in [0.3, 0.4) is 0 Å². The molecule has 0 bridgehead atoms. The van der Waals surface area contributed by atoms with Crippen molar-refractivity contribution in [2.45, 2.75) is 64.3 Å². The molecule has 18 heavy (non-hydrogen) atoms. The third-order valence-electron chi connectivity index (χ3n) is 4.15. The van der Waals surface area contributed by atoms with E-state index in [9.17, 15) is 0 Å². The third-order valence-corrected chi connectivity index (χ3v) is 5.33. The molecule has 0 atom stereocenters. The van der Waals surface area contributed by atoms with Gasteiger partial charge in [0.1, 0.15) is 0 Å². The molecular weight excluding hydrogens is 240 g/mol. The van der Waals surface area contributed by atoms with Gasteiger partial charge in [-0.15, -0.1) is 11.3 Å². The Morgan fingerprint density at radius 2 is 1.78 bits per heavy atom. The number of aromatic nitrogens is 1. The third kappa shape index (κ3) is 2.35. The molecule has 100 valence electrons. The van der Waals surface area contributed by atoms with Crippen molar-refractivity contribution in [3.63, 3.8) is 0 Å². The summed E-state index contributed by atoms with van der Waals surface area (Å²) in [7, 11) is 0. The highest BCUT2D eigenvalue weighted by molar-refractivity contribution is 7.11. The quantitative estimate of drug-likeness (QED) is 0.898. The van der Waals surface area contributed by atoms with E-state index in [1.807, 2.05) is 11.3 Å². The number of thiazole rings is 1. The molecule has 2 aliphatic carbocycles. The number of hydrogen-bond acceptors (Lipinski definition) is 3. The molecule has 1 aromatic rings. The fourth-order valence-electron chi connectivity index (χ4n) is 2.94. The van der Waals surface area contributed by atoms with Crippen molar-refractivity contribution >= 4 is 11.3 Å². The Bertz CT molecular complexity index is 424. The molecule has 2 N–H and O–H groups in total. The summed E-state index contributed by atoms with van der Waals surface area (Å²) in [6.07, 6.45) is 5.68. The Morgan fingerprint density at radius 1 is 1.22 bits per heavy atom. The van der Waals surface area contributed by atoms with Gasteiger partial charge in [-0.1, -0.05) is 20.8 Å². The second-order valence-corrected chi connectivity index (χ2v) is 8.09. The predicted molar refractivity (Wildman–Crippen MR) is 76.9 cm³/mol. The van der Waals surface area contributed by atoms with Crippen molar-refractivity contribution < 1.29 is 0 Å². The lowest BCUT2D eigenvalue weighted by molar-refractivity contribution is 0.520. The summed E-state index contributed by atoms with van der Waals surface area (Å²) in [5.41, 5.74) is 7.29. The molecule has 2 fully saturated rings. The van der Waals surface area contributed by atoms with E-state index in [4.69, 9.17) is 10.7 Å². The zero-order valence-corrected chi connectivity index (χ0v) is 12.5. The molecule has 0 aromatic carbocycles. The minimum Gasteiger partial charge on any atom is -0.326 e. The zero-order chi connectivity index (χ0) is 12.9. The van der Waals surface area contributed by atoms with Crippen LogP contribution in [0.15, 0.2) is 0 Å². The number of nitrogens with zero attached hydrogens (tertiary/aromatic N) is 1. The minimum atomic E-state index is 0.126. The van der Waals surface area contributed by atoms with Crippen LogP contribution in [0.25, 0.3) is 0 Å². The zero-order valence-electron chi connectivity index (χ0n) is 11.7. The Kier molecular flexibility index (Phi) is 3.02. The largest absolute Gasteiger partial charge is 0.326 e. The Labute approximate surface area is 114 Å². The fourth-order valence-corrected chi connectivity index (χ4v) is 4.38. The van der Waals surface area contributed by atoms with Crippen molar-refractivity contribution in [1.82, 2.24) is 4.98 Å². The molecule has 0 spiro atoms. The topological polar surface area (TPSA) is 38.9 Å². The Balaban J connectivity index is 1.94. The van der Waals surface area contributed by atoms with Crippen LogP contribution in [-0.4, -0.2) is 4.98 Å². The normalized spacial score (nSPS) is 20.7. The first-order valence-corrected chi connectivity index (χ1v) is 8.02. The molecule has 2 nitrogen and oxygen atoms in total. The van der Waals surface area contributed by atoms with E-state index in [0.717, 1.165) is 17.8 Å². The molecule has 0 radical (unpaired) electrons. The average Bonchev–Trinajstić information content (AvgIpc) is 3.18. The van der Waals surface area contributed by atoms with E-state index in [2.05, 4.69) is 20.8 Å². The average molecular weight is 264 g/mol. The highest BCUT2D eigenvalue weighted by Crippen LogP contribution is 2.55. The van der Waals surface area contributed by atoms with Gasteiger partial charge < -0.3 is 5.73 Å². The summed E-state index contributed by atoms with van der Waals surface area (Å²) in [5.74, 6) is 2.63. The molecular formula is C15H24N2S. The molecule has 0 aliphatic heterocycles. The predicted octanol–water partition coefficient (Wildman–Crippen LogP) is 3.80. The number of nitrogens with two attached hydrogens (primary N) is 1. The van der Waals surface area contributed by atoms with Gasteiger partial charge in [0.05, 0.1) is 10.7 Å². The van der Waals surface area contributed by atoms with Gasteiger partial charge in [-0.3, -0.25) is 0 Å². The van der Waals surface area contributed by atoms with Gasteiger partial charge in [0.15, 0.2) is 0 Å². The van der Waals surface area contributed by atoms with E-state index in [0.29, 0.717) is 6.54 Å². The summed E-state index contributed by atoms with van der Waals surface area (Å²) >= 11 is 1.90. The molecule has 2 saturated carbocycles. The molecule has 0 unspecified atom stereocenters. The highest BCUT2D eigenvalue weighted by Gasteiger charge is 2.44. The summed E-state index contributed by atoms with van der Waals surface area (Å²) in [5, 5.41) is 1.39. The Hall–Kier alpha value is -0.410. The van der Waals surface area contributed by atoms with Gasteiger partial charge in [-0.2, -0.15) is 0 Å². The van der Waals surface area contributed by atoms with Crippen molar-refractivity contribution in [3.8, 4) is 0 Å². The second-order valence-electron chi connectivity index (χ2n) is 6.98. The van der Waals surface area contributed by atoms with E-state index >= 15 is 0 Å². The van der Waals surface area contributed by atoms with Crippen molar-refractivity contribution in [2.75, 3.05) is 0 Å². The van der Waals surface area contributed by atoms with Gasteiger partial charge in [0, 0.05) is 22.8 Å². The molecule has 0 amide bonds.